The first-order chi connectivity index (χ1) is 16.0. The highest BCUT2D eigenvalue weighted by molar-refractivity contribution is 7.99. The van der Waals surface area contributed by atoms with Gasteiger partial charge in [0.2, 0.25) is 5.91 Å². The number of aromatic nitrogens is 4. The third kappa shape index (κ3) is 5.18. The van der Waals surface area contributed by atoms with E-state index in [0.29, 0.717) is 21.8 Å². The molecule has 1 amide bonds. The maximum atomic E-state index is 12.6. The van der Waals surface area contributed by atoms with Gasteiger partial charge in [0.05, 0.1) is 25.7 Å². The number of nitrogens with zero attached hydrogens (tertiary/aromatic N) is 4. The SMILES string of the molecule is COc1ccc(-c2csc(NC(=O)CSc3nnc(C)n3-c3cccc(C)c3)n2)c(OC)c1. The van der Waals surface area contributed by atoms with Crippen LogP contribution in [0.15, 0.2) is 53.0 Å². The fraction of sp³-hybridized carbons (Fsp3) is 0.217. The molecule has 8 nitrogen and oxygen atoms in total. The molecule has 33 heavy (non-hydrogen) atoms. The van der Waals surface area contributed by atoms with Gasteiger partial charge in [0.1, 0.15) is 17.3 Å². The van der Waals surface area contributed by atoms with E-state index in [9.17, 15) is 4.79 Å². The summed E-state index contributed by atoms with van der Waals surface area (Å²) in [5, 5.41) is 14.3. The van der Waals surface area contributed by atoms with Gasteiger partial charge in [-0.25, -0.2) is 4.98 Å². The third-order valence-electron chi connectivity index (χ3n) is 4.82. The van der Waals surface area contributed by atoms with Gasteiger partial charge in [0, 0.05) is 22.7 Å². The van der Waals surface area contributed by atoms with Gasteiger partial charge in [-0.2, -0.15) is 0 Å². The standard InChI is InChI=1S/C23H23N5O3S2/c1-14-6-5-7-16(10-14)28-15(2)26-27-23(28)33-13-21(29)25-22-24-19(12-32-22)18-9-8-17(30-3)11-20(18)31-4/h5-12H,13H2,1-4H3,(H,24,25,29). The number of thiazole rings is 1. The van der Waals surface area contributed by atoms with Gasteiger partial charge >= 0.3 is 0 Å². The molecule has 0 aliphatic carbocycles. The Hall–Kier alpha value is -3.37. The number of rotatable bonds is 8. The van der Waals surface area contributed by atoms with Crippen LogP contribution in [0.2, 0.25) is 0 Å². The van der Waals surface area contributed by atoms with Crippen molar-refractivity contribution in [2.45, 2.75) is 19.0 Å². The summed E-state index contributed by atoms with van der Waals surface area (Å²) in [6.45, 7) is 3.93. The lowest BCUT2D eigenvalue weighted by molar-refractivity contribution is -0.113. The summed E-state index contributed by atoms with van der Waals surface area (Å²) in [6, 6.07) is 13.6. The number of anilines is 1. The van der Waals surface area contributed by atoms with Crippen molar-refractivity contribution < 1.29 is 14.3 Å². The minimum absolute atomic E-state index is 0.168. The molecule has 0 aliphatic rings. The van der Waals surface area contributed by atoms with Crippen molar-refractivity contribution in [2.24, 2.45) is 0 Å². The van der Waals surface area contributed by atoms with Crippen LogP contribution < -0.4 is 14.8 Å². The smallest absolute Gasteiger partial charge is 0.236 e. The number of methoxy groups -OCH3 is 2. The average Bonchev–Trinajstić information content (AvgIpc) is 3.43. The minimum atomic E-state index is -0.168. The Kier molecular flexibility index (Phi) is 6.95. The zero-order valence-corrected chi connectivity index (χ0v) is 20.3. The van der Waals surface area contributed by atoms with E-state index < -0.39 is 0 Å². The van der Waals surface area contributed by atoms with Gasteiger partial charge < -0.3 is 14.8 Å². The fourth-order valence-electron chi connectivity index (χ4n) is 3.25. The number of amides is 1. The van der Waals surface area contributed by atoms with E-state index in [0.717, 1.165) is 28.3 Å². The van der Waals surface area contributed by atoms with Crippen molar-refractivity contribution in [3.63, 3.8) is 0 Å². The van der Waals surface area contributed by atoms with Crippen LogP contribution in [0.3, 0.4) is 0 Å². The largest absolute Gasteiger partial charge is 0.497 e. The molecule has 2 heterocycles. The zero-order valence-electron chi connectivity index (χ0n) is 18.7. The van der Waals surface area contributed by atoms with Crippen LogP contribution in [0.4, 0.5) is 5.13 Å². The van der Waals surface area contributed by atoms with Gasteiger partial charge in [-0.3, -0.25) is 9.36 Å². The maximum absolute atomic E-state index is 12.6. The number of ether oxygens (including phenoxy) is 2. The van der Waals surface area contributed by atoms with E-state index in [1.165, 1.54) is 23.1 Å². The predicted octanol–water partition coefficient (Wildman–Crippen LogP) is 4.76. The summed E-state index contributed by atoms with van der Waals surface area (Å²) >= 11 is 2.69. The highest BCUT2D eigenvalue weighted by atomic mass is 32.2. The molecule has 2 aromatic carbocycles. The molecule has 4 aromatic rings. The van der Waals surface area contributed by atoms with Gasteiger partial charge in [-0.05, 0) is 43.7 Å². The number of nitrogens with one attached hydrogen (secondary N) is 1. The Balaban J connectivity index is 1.43. The average molecular weight is 482 g/mol. The monoisotopic (exact) mass is 481 g/mol. The molecular weight excluding hydrogens is 458 g/mol. The lowest BCUT2D eigenvalue weighted by atomic mass is 10.1. The van der Waals surface area contributed by atoms with Crippen LogP contribution in [-0.4, -0.2) is 45.6 Å². The number of carbonyl (C=O) groups excluding carboxylic acids is 1. The summed E-state index contributed by atoms with van der Waals surface area (Å²) in [4.78, 5) is 17.1. The summed E-state index contributed by atoms with van der Waals surface area (Å²) in [7, 11) is 3.20. The summed E-state index contributed by atoms with van der Waals surface area (Å²) in [5.41, 5.74) is 3.66. The Labute approximate surface area is 200 Å². The number of benzene rings is 2. The third-order valence-corrected chi connectivity index (χ3v) is 6.51. The summed E-state index contributed by atoms with van der Waals surface area (Å²) < 4.78 is 12.6. The van der Waals surface area contributed by atoms with Crippen molar-refractivity contribution in [3.8, 4) is 28.4 Å². The van der Waals surface area contributed by atoms with Crippen LogP contribution in [0, 0.1) is 13.8 Å². The van der Waals surface area contributed by atoms with E-state index in [1.807, 2.05) is 54.1 Å². The van der Waals surface area contributed by atoms with Gasteiger partial charge in [0.25, 0.3) is 0 Å². The van der Waals surface area contributed by atoms with Crippen LogP contribution in [0.1, 0.15) is 11.4 Å². The molecule has 0 spiro atoms. The van der Waals surface area contributed by atoms with Crippen LogP contribution in [0.5, 0.6) is 11.5 Å². The molecule has 0 atom stereocenters. The van der Waals surface area contributed by atoms with Crippen molar-refractivity contribution >= 4 is 34.1 Å². The molecule has 0 saturated carbocycles. The fourth-order valence-corrected chi connectivity index (χ4v) is 4.78. The Morgan fingerprint density at radius 2 is 1.97 bits per heavy atom. The second kappa shape index (κ2) is 10.1. The number of thioether (sulfide) groups is 1. The van der Waals surface area contributed by atoms with Crippen LogP contribution in [-0.2, 0) is 4.79 Å². The van der Waals surface area contributed by atoms with Gasteiger partial charge in [0.15, 0.2) is 10.3 Å². The van der Waals surface area contributed by atoms with E-state index in [2.05, 4.69) is 26.6 Å². The quantitative estimate of drug-likeness (QED) is 0.363. The van der Waals surface area contributed by atoms with Gasteiger partial charge in [-0.1, -0.05) is 23.9 Å². The van der Waals surface area contributed by atoms with E-state index >= 15 is 0 Å². The molecule has 0 bridgehead atoms. The second-order valence-electron chi connectivity index (χ2n) is 7.15. The molecule has 0 saturated heterocycles. The normalized spacial score (nSPS) is 10.8. The molecule has 10 heteroatoms. The van der Waals surface area contributed by atoms with E-state index in [1.54, 1.807) is 20.3 Å². The molecule has 170 valence electrons. The lowest BCUT2D eigenvalue weighted by Crippen LogP contribution is -2.14. The van der Waals surface area contributed by atoms with E-state index in [-0.39, 0.29) is 11.7 Å². The molecular formula is C23H23N5O3S2. The second-order valence-corrected chi connectivity index (χ2v) is 8.95. The molecule has 1 N–H and O–H groups in total. The molecule has 0 aliphatic heterocycles. The van der Waals surface area contributed by atoms with Crippen molar-refractivity contribution in [2.75, 3.05) is 25.3 Å². The molecule has 0 fully saturated rings. The maximum Gasteiger partial charge on any atom is 0.236 e. The predicted molar refractivity (Wildman–Crippen MR) is 131 cm³/mol. The van der Waals surface area contributed by atoms with E-state index in [4.69, 9.17) is 9.47 Å². The lowest BCUT2D eigenvalue weighted by Gasteiger charge is -2.09. The first-order valence-corrected chi connectivity index (χ1v) is 11.9. The molecule has 0 radical (unpaired) electrons. The minimum Gasteiger partial charge on any atom is -0.497 e. The Morgan fingerprint density at radius 1 is 1.12 bits per heavy atom. The number of hydrogen-bond donors (Lipinski definition) is 1. The number of hydrogen-bond acceptors (Lipinski definition) is 8. The number of carbonyl (C=O) groups is 1. The highest BCUT2D eigenvalue weighted by Gasteiger charge is 2.16. The zero-order chi connectivity index (χ0) is 23.4. The summed E-state index contributed by atoms with van der Waals surface area (Å²) in [5.74, 6) is 2.13. The molecule has 2 aromatic heterocycles. The Bertz CT molecular complexity index is 1280. The Morgan fingerprint density at radius 3 is 2.73 bits per heavy atom. The van der Waals surface area contributed by atoms with Crippen molar-refractivity contribution in [3.05, 3.63) is 59.2 Å². The first-order valence-electron chi connectivity index (χ1n) is 10.1. The van der Waals surface area contributed by atoms with Crippen molar-refractivity contribution in [1.82, 2.24) is 19.7 Å². The topological polar surface area (TPSA) is 91.2 Å². The number of aryl methyl sites for hydroxylation is 2. The molecule has 4 rings (SSSR count). The molecule has 0 unspecified atom stereocenters. The summed E-state index contributed by atoms with van der Waals surface area (Å²) in [6.07, 6.45) is 0. The first kappa shape index (κ1) is 22.8. The van der Waals surface area contributed by atoms with Gasteiger partial charge in [-0.15, -0.1) is 21.5 Å². The van der Waals surface area contributed by atoms with Crippen LogP contribution in [0.25, 0.3) is 16.9 Å². The highest BCUT2D eigenvalue weighted by Crippen LogP contribution is 2.35. The van der Waals surface area contributed by atoms with Crippen LogP contribution >= 0.6 is 23.1 Å². The van der Waals surface area contributed by atoms with Crippen molar-refractivity contribution in [1.29, 1.82) is 0 Å².